The summed E-state index contributed by atoms with van der Waals surface area (Å²) in [6.07, 6.45) is 3.59. The summed E-state index contributed by atoms with van der Waals surface area (Å²) in [7, 11) is -2.42. The van der Waals surface area contributed by atoms with Crippen molar-refractivity contribution in [1.82, 2.24) is 9.62 Å². The Hall–Kier alpha value is -1.32. The monoisotopic (exact) mass is 430 g/mol. The zero-order chi connectivity index (χ0) is 20.2. The van der Waals surface area contributed by atoms with Crippen molar-refractivity contribution in [3.8, 4) is 0 Å². The SMILES string of the molecule is C=CC[N+](CC=C)=C1SCC(O)(c2ccc(Cl)c(S(=O)(=O)NC)c2)N1CC. The minimum absolute atomic E-state index is 0.0545. The van der Waals surface area contributed by atoms with E-state index < -0.39 is 15.7 Å². The van der Waals surface area contributed by atoms with Crippen molar-refractivity contribution >= 4 is 38.6 Å². The van der Waals surface area contributed by atoms with Gasteiger partial charge in [0, 0.05) is 5.56 Å². The first-order valence-electron chi connectivity index (χ1n) is 8.45. The Kier molecular flexibility index (Phi) is 7.15. The molecule has 9 heteroatoms. The molecule has 1 aliphatic rings. The number of hydrogen-bond acceptors (Lipinski definition) is 4. The van der Waals surface area contributed by atoms with Gasteiger partial charge in [-0.2, -0.15) is 0 Å². The Morgan fingerprint density at radius 3 is 2.56 bits per heavy atom. The van der Waals surface area contributed by atoms with E-state index in [2.05, 4.69) is 22.5 Å². The number of aliphatic hydroxyl groups is 1. The third kappa shape index (κ3) is 4.25. The average molecular weight is 431 g/mol. The molecule has 1 aliphatic heterocycles. The Morgan fingerprint density at radius 2 is 2.04 bits per heavy atom. The van der Waals surface area contributed by atoms with Crippen LogP contribution in [-0.4, -0.2) is 60.6 Å². The number of nitrogens with zero attached hydrogens (tertiary/aromatic N) is 2. The summed E-state index contributed by atoms with van der Waals surface area (Å²) >= 11 is 7.60. The van der Waals surface area contributed by atoms with Gasteiger partial charge in [0.05, 0.1) is 17.3 Å². The highest BCUT2D eigenvalue weighted by Gasteiger charge is 2.51. The van der Waals surface area contributed by atoms with Gasteiger partial charge in [-0.1, -0.05) is 43.0 Å². The molecule has 2 rings (SSSR count). The maximum atomic E-state index is 12.3. The molecule has 0 bridgehead atoms. The second kappa shape index (κ2) is 8.79. The second-order valence-corrected chi connectivity index (χ2v) is 9.17. The Bertz CT molecular complexity index is 859. The van der Waals surface area contributed by atoms with Crippen LogP contribution in [0.3, 0.4) is 0 Å². The van der Waals surface area contributed by atoms with Gasteiger partial charge >= 0.3 is 5.17 Å². The van der Waals surface area contributed by atoms with Crippen molar-refractivity contribution in [2.45, 2.75) is 17.5 Å². The first-order valence-corrected chi connectivity index (χ1v) is 11.3. The molecule has 0 radical (unpaired) electrons. The van der Waals surface area contributed by atoms with E-state index in [1.807, 2.05) is 11.8 Å². The van der Waals surface area contributed by atoms with Gasteiger partial charge in [0.15, 0.2) is 0 Å². The predicted octanol–water partition coefficient (Wildman–Crippen LogP) is 2.20. The van der Waals surface area contributed by atoms with Crippen molar-refractivity contribution in [1.29, 1.82) is 0 Å². The van der Waals surface area contributed by atoms with Crippen LogP contribution in [0.5, 0.6) is 0 Å². The number of sulfonamides is 1. The van der Waals surface area contributed by atoms with Gasteiger partial charge in [-0.25, -0.2) is 22.6 Å². The lowest BCUT2D eigenvalue weighted by Gasteiger charge is -2.29. The lowest BCUT2D eigenvalue weighted by atomic mass is 10.0. The van der Waals surface area contributed by atoms with E-state index in [-0.39, 0.29) is 9.92 Å². The fraction of sp³-hybridized carbons (Fsp3) is 0.389. The molecule has 2 N–H and O–H groups in total. The van der Waals surface area contributed by atoms with Crippen LogP contribution in [-0.2, 0) is 15.7 Å². The van der Waals surface area contributed by atoms with Crippen molar-refractivity contribution in [2.75, 3.05) is 32.4 Å². The van der Waals surface area contributed by atoms with Crippen molar-refractivity contribution in [3.05, 3.63) is 54.1 Å². The van der Waals surface area contributed by atoms with E-state index in [9.17, 15) is 13.5 Å². The van der Waals surface area contributed by atoms with Gasteiger partial charge in [-0.3, -0.25) is 0 Å². The van der Waals surface area contributed by atoms with Crippen LogP contribution in [0.4, 0.5) is 0 Å². The molecular weight excluding hydrogens is 406 g/mol. The normalized spacial score (nSPS) is 20.0. The van der Waals surface area contributed by atoms with E-state index >= 15 is 0 Å². The van der Waals surface area contributed by atoms with Gasteiger partial charge < -0.3 is 5.11 Å². The van der Waals surface area contributed by atoms with E-state index in [4.69, 9.17) is 11.6 Å². The summed E-state index contributed by atoms with van der Waals surface area (Å²) in [5, 5.41) is 12.5. The predicted molar refractivity (Wildman–Crippen MR) is 112 cm³/mol. The third-order valence-corrected chi connectivity index (χ3v) is 7.50. The Morgan fingerprint density at radius 1 is 1.41 bits per heavy atom. The molecule has 1 aromatic carbocycles. The average Bonchev–Trinajstić information content (AvgIpc) is 2.99. The number of nitrogens with one attached hydrogen (secondary N) is 1. The standard InChI is InChI=1S/C18H25ClN3O3S2/c1-5-10-21(11-6-2)17-22(7-3)18(23,13-26-17)14-8-9-15(19)16(12-14)27(24,25)20-4/h5-6,8-9,12,20,23H,1-2,7,10-11,13H2,3-4H3/q+1. The molecule has 1 saturated heterocycles. The van der Waals surface area contributed by atoms with E-state index in [1.165, 1.54) is 30.9 Å². The summed E-state index contributed by atoms with van der Waals surface area (Å²) in [5.41, 5.74) is -0.875. The van der Waals surface area contributed by atoms with Crippen LogP contribution in [0.1, 0.15) is 12.5 Å². The van der Waals surface area contributed by atoms with E-state index in [0.29, 0.717) is 31.0 Å². The molecule has 1 atom stereocenters. The summed E-state index contributed by atoms with van der Waals surface area (Å²) in [6, 6.07) is 4.60. The van der Waals surface area contributed by atoms with Crippen molar-refractivity contribution < 1.29 is 18.1 Å². The van der Waals surface area contributed by atoms with Gasteiger partial charge in [-0.05, 0) is 37.9 Å². The molecule has 148 valence electrons. The molecule has 0 amide bonds. The largest absolute Gasteiger partial charge is 0.349 e. The molecule has 0 spiro atoms. The van der Waals surface area contributed by atoms with Crippen LogP contribution >= 0.6 is 23.4 Å². The first-order chi connectivity index (χ1) is 12.7. The zero-order valence-electron chi connectivity index (χ0n) is 15.5. The zero-order valence-corrected chi connectivity index (χ0v) is 17.9. The molecule has 0 saturated carbocycles. The molecule has 1 unspecified atom stereocenters. The maximum absolute atomic E-state index is 12.3. The van der Waals surface area contributed by atoms with Crippen LogP contribution in [0.2, 0.25) is 5.02 Å². The smallest absolute Gasteiger partial charge is 0.311 e. The number of amidine groups is 1. The Balaban J connectivity index is 2.58. The third-order valence-electron chi connectivity index (χ3n) is 4.32. The Labute approximate surface area is 170 Å². The number of hydrogen-bond donors (Lipinski definition) is 2. The van der Waals surface area contributed by atoms with Gasteiger partial charge in [-0.15, -0.1) is 0 Å². The molecule has 1 aromatic rings. The number of thioether (sulfide) groups is 1. The van der Waals surface area contributed by atoms with Crippen LogP contribution in [0.25, 0.3) is 0 Å². The highest BCUT2D eigenvalue weighted by molar-refractivity contribution is 8.13. The lowest BCUT2D eigenvalue weighted by Crippen LogP contribution is -2.47. The quantitative estimate of drug-likeness (QED) is 0.488. The van der Waals surface area contributed by atoms with E-state index in [1.54, 1.807) is 18.2 Å². The van der Waals surface area contributed by atoms with Crippen LogP contribution < -0.4 is 4.72 Å². The number of benzene rings is 1. The molecule has 0 aliphatic carbocycles. The van der Waals surface area contributed by atoms with Gasteiger partial charge in [0.25, 0.3) is 0 Å². The fourth-order valence-corrected chi connectivity index (χ4v) is 5.66. The van der Waals surface area contributed by atoms with Crippen molar-refractivity contribution in [2.24, 2.45) is 0 Å². The molecule has 1 fully saturated rings. The molecule has 0 aromatic heterocycles. The summed E-state index contributed by atoms with van der Waals surface area (Å²) in [4.78, 5) is 1.81. The number of halogens is 1. The van der Waals surface area contributed by atoms with Crippen LogP contribution in [0, 0.1) is 0 Å². The van der Waals surface area contributed by atoms with Gasteiger partial charge in [0.2, 0.25) is 15.7 Å². The highest BCUT2D eigenvalue weighted by atomic mass is 35.5. The molecule has 6 nitrogen and oxygen atoms in total. The second-order valence-electron chi connectivity index (χ2n) is 5.97. The van der Waals surface area contributed by atoms with E-state index in [0.717, 1.165) is 5.17 Å². The summed E-state index contributed by atoms with van der Waals surface area (Å²) in [5.74, 6) is 0.363. The summed E-state index contributed by atoms with van der Waals surface area (Å²) < 4.78 is 28.8. The fourth-order valence-electron chi connectivity index (χ4n) is 2.99. The topological polar surface area (TPSA) is 72.6 Å². The minimum Gasteiger partial charge on any atom is -0.349 e. The lowest BCUT2D eigenvalue weighted by molar-refractivity contribution is -0.510. The highest BCUT2D eigenvalue weighted by Crippen LogP contribution is 2.40. The molecular formula is C18H25ClN3O3S2+. The first kappa shape index (κ1) is 22.0. The summed E-state index contributed by atoms with van der Waals surface area (Å²) in [6.45, 7) is 11.3. The van der Waals surface area contributed by atoms with Crippen LogP contribution in [0.15, 0.2) is 48.4 Å². The van der Waals surface area contributed by atoms with Gasteiger partial charge in [0.1, 0.15) is 18.0 Å². The maximum Gasteiger partial charge on any atom is 0.311 e. The number of rotatable bonds is 8. The van der Waals surface area contributed by atoms with Crippen molar-refractivity contribution in [3.63, 3.8) is 0 Å². The molecule has 27 heavy (non-hydrogen) atoms. The molecule has 1 heterocycles. The minimum atomic E-state index is -3.74.